The number of morpholine rings is 1. The Kier molecular flexibility index (Phi) is 5.84. The monoisotopic (exact) mass is 469 g/mol. The van der Waals surface area contributed by atoms with E-state index in [9.17, 15) is 13.9 Å². The van der Waals surface area contributed by atoms with Gasteiger partial charge in [-0.15, -0.1) is 0 Å². The lowest BCUT2D eigenvalue weighted by atomic mass is 9.99. The summed E-state index contributed by atoms with van der Waals surface area (Å²) in [4.78, 5) is 10.9. The number of ether oxygens (including phenoxy) is 1. The molecule has 2 aromatic heterocycles. The van der Waals surface area contributed by atoms with Crippen LogP contribution in [0, 0.1) is 11.6 Å². The second kappa shape index (κ2) is 8.93. The molecule has 1 aliphatic heterocycles. The Hall–Kier alpha value is -3.27. The number of benzene rings is 2. The third-order valence-corrected chi connectivity index (χ3v) is 5.96. The third kappa shape index (κ3) is 4.10. The van der Waals surface area contributed by atoms with Crippen LogP contribution in [0.15, 0.2) is 48.9 Å². The summed E-state index contributed by atoms with van der Waals surface area (Å²) in [6.07, 6.45) is 0.825. The molecule has 1 unspecified atom stereocenters. The Morgan fingerprint density at radius 3 is 2.67 bits per heavy atom. The number of aliphatic hydroxyl groups is 1. The molecule has 1 N–H and O–H groups in total. The number of rotatable bonds is 4. The molecular weight excluding hydrogens is 452 g/mol. The third-order valence-electron chi connectivity index (χ3n) is 5.59. The summed E-state index contributed by atoms with van der Waals surface area (Å²) in [6, 6.07) is 9.77. The standard InChI is InChI=1S/C23H18ClF2N5O2/c24-20-18(26)11-29-30-22(20)23(32)13-1-4-17(25)16(9-13)21-15-3-2-14(10-19(15)27-12-28-21)31-5-7-33-8-6-31/h1-4,9-12,23,32H,5-8H2. The zero-order chi connectivity index (χ0) is 22.9. The second-order valence-electron chi connectivity index (χ2n) is 7.56. The highest BCUT2D eigenvalue weighted by molar-refractivity contribution is 6.31. The van der Waals surface area contributed by atoms with Gasteiger partial charge in [0.25, 0.3) is 0 Å². The van der Waals surface area contributed by atoms with E-state index in [1.54, 1.807) is 0 Å². The maximum atomic E-state index is 14.9. The average molecular weight is 470 g/mol. The summed E-state index contributed by atoms with van der Waals surface area (Å²) in [5.74, 6) is -1.33. The number of nitrogens with zero attached hydrogens (tertiary/aromatic N) is 5. The molecule has 0 spiro atoms. The van der Waals surface area contributed by atoms with Crippen LogP contribution in [0.25, 0.3) is 22.2 Å². The minimum atomic E-state index is -1.40. The van der Waals surface area contributed by atoms with Gasteiger partial charge < -0.3 is 14.7 Å². The summed E-state index contributed by atoms with van der Waals surface area (Å²) in [5.41, 5.74) is 2.31. The smallest absolute Gasteiger partial charge is 0.163 e. The molecule has 0 aliphatic carbocycles. The molecule has 10 heteroatoms. The van der Waals surface area contributed by atoms with Gasteiger partial charge in [0.05, 0.1) is 30.6 Å². The van der Waals surface area contributed by atoms with Crippen molar-refractivity contribution in [1.29, 1.82) is 0 Å². The fourth-order valence-corrected chi connectivity index (χ4v) is 4.06. The molecule has 0 amide bonds. The molecule has 0 saturated carbocycles. The SMILES string of the molecule is OC(c1ccc(F)c(-c2ncnc3cc(N4CCOCC4)ccc23)c1)c1nncc(F)c1Cl. The van der Waals surface area contributed by atoms with Crippen LogP contribution >= 0.6 is 11.6 Å². The molecule has 0 bridgehead atoms. The Balaban J connectivity index is 1.56. The van der Waals surface area contributed by atoms with E-state index in [4.69, 9.17) is 16.3 Å². The number of anilines is 1. The van der Waals surface area contributed by atoms with Gasteiger partial charge in [0.1, 0.15) is 29.0 Å². The molecule has 1 saturated heterocycles. The van der Waals surface area contributed by atoms with Crippen molar-refractivity contribution in [1.82, 2.24) is 20.2 Å². The lowest BCUT2D eigenvalue weighted by Crippen LogP contribution is -2.36. The van der Waals surface area contributed by atoms with E-state index in [2.05, 4.69) is 25.1 Å². The normalized spacial score (nSPS) is 15.1. The highest BCUT2D eigenvalue weighted by atomic mass is 35.5. The van der Waals surface area contributed by atoms with Gasteiger partial charge in [-0.1, -0.05) is 17.7 Å². The number of hydrogen-bond donors (Lipinski definition) is 1. The molecule has 1 aliphatic rings. The highest BCUT2D eigenvalue weighted by Crippen LogP contribution is 2.34. The van der Waals surface area contributed by atoms with Gasteiger partial charge in [-0.05, 0) is 35.9 Å². The van der Waals surface area contributed by atoms with Crippen LogP contribution in [0.5, 0.6) is 0 Å². The van der Waals surface area contributed by atoms with Crippen LogP contribution in [0.4, 0.5) is 14.5 Å². The first-order chi connectivity index (χ1) is 16.0. The van der Waals surface area contributed by atoms with Crippen molar-refractivity contribution in [2.75, 3.05) is 31.2 Å². The minimum absolute atomic E-state index is 0.156. The van der Waals surface area contributed by atoms with Gasteiger partial charge in [-0.3, -0.25) is 0 Å². The fraction of sp³-hybridized carbons (Fsp3) is 0.217. The molecule has 3 heterocycles. The first kappa shape index (κ1) is 21.6. The van der Waals surface area contributed by atoms with Gasteiger partial charge >= 0.3 is 0 Å². The molecule has 5 rings (SSSR count). The van der Waals surface area contributed by atoms with E-state index < -0.39 is 17.7 Å². The Morgan fingerprint density at radius 1 is 1.03 bits per heavy atom. The van der Waals surface area contributed by atoms with Crippen LogP contribution in [0.2, 0.25) is 5.02 Å². The van der Waals surface area contributed by atoms with Crippen LogP contribution in [0.3, 0.4) is 0 Å². The summed E-state index contributed by atoms with van der Waals surface area (Å²) >= 11 is 5.94. The van der Waals surface area contributed by atoms with Crippen molar-refractivity contribution < 1.29 is 18.6 Å². The predicted octanol–water partition coefficient (Wildman–Crippen LogP) is 3.94. The summed E-state index contributed by atoms with van der Waals surface area (Å²) in [6.45, 7) is 2.88. The van der Waals surface area contributed by atoms with Crippen molar-refractivity contribution in [3.63, 3.8) is 0 Å². The zero-order valence-corrected chi connectivity index (χ0v) is 18.0. The number of fused-ring (bicyclic) bond motifs is 1. The number of aromatic nitrogens is 4. The van der Waals surface area contributed by atoms with Crippen molar-refractivity contribution in [3.8, 4) is 11.3 Å². The second-order valence-corrected chi connectivity index (χ2v) is 7.93. The van der Waals surface area contributed by atoms with E-state index in [-0.39, 0.29) is 21.8 Å². The minimum Gasteiger partial charge on any atom is -0.382 e. The van der Waals surface area contributed by atoms with E-state index >= 15 is 0 Å². The van der Waals surface area contributed by atoms with Crippen molar-refractivity contribution in [2.45, 2.75) is 6.10 Å². The molecule has 0 radical (unpaired) electrons. The van der Waals surface area contributed by atoms with Gasteiger partial charge in [-0.2, -0.15) is 10.2 Å². The Morgan fingerprint density at radius 2 is 1.85 bits per heavy atom. The largest absolute Gasteiger partial charge is 0.382 e. The van der Waals surface area contributed by atoms with E-state index in [0.29, 0.717) is 29.8 Å². The van der Waals surface area contributed by atoms with Gasteiger partial charge in [0, 0.05) is 29.7 Å². The Labute approximate surface area is 192 Å². The lowest BCUT2D eigenvalue weighted by Gasteiger charge is -2.29. The topological polar surface area (TPSA) is 84.3 Å². The molecule has 2 aromatic carbocycles. The number of hydrogen-bond acceptors (Lipinski definition) is 7. The van der Waals surface area contributed by atoms with Crippen molar-refractivity contribution in [2.24, 2.45) is 0 Å². The molecule has 1 fully saturated rings. The summed E-state index contributed by atoms with van der Waals surface area (Å²) in [5, 5.41) is 18.3. The average Bonchev–Trinajstić information content (AvgIpc) is 2.85. The Bertz CT molecular complexity index is 1330. The quantitative estimate of drug-likeness (QED) is 0.484. The predicted molar refractivity (Wildman–Crippen MR) is 119 cm³/mol. The van der Waals surface area contributed by atoms with Crippen LogP contribution < -0.4 is 4.90 Å². The molecule has 7 nitrogen and oxygen atoms in total. The summed E-state index contributed by atoms with van der Waals surface area (Å²) in [7, 11) is 0. The molecule has 168 valence electrons. The first-order valence-electron chi connectivity index (χ1n) is 10.2. The maximum Gasteiger partial charge on any atom is 0.163 e. The van der Waals surface area contributed by atoms with Crippen LogP contribution in [-0.4, -0.2) is 51.6 Å². The van der Waals surface area contributed by atoms with E-state index in [1.807, 2.05) is 18.2 Å². The first-order valence-corrected chi connectivity index (χ1v) is 10.6. The van der Waals surface area contributed by atoms with Crippen molar-refractivity contribution in [3.05, 3.63) is 76.8 Å². The molecule has 4 aromatic rings. The zero-order valence-electron chi connectivity index (χ0n) is 17.3. The van der Waals surface area contributed by atoms with Gasteiger partial charge in [-0.25, -0.2) is 18.7 Å². The maximum absolute atomic E-state index is 14.9. The van der Waals surface area contributed by atoms with Crippen LogP contribution in [-0.2, 0) is 4.74 Å². The highest BCUT2D eigenvalue weighted by Gasteiger charge is 2.22. The van der Waals surface area contributed by atoms with Crippen molar-refractivity contribution >= 4 is 28.2 Å². The lowest BCUT2D eigenvalue weighted by molar-refractivity contribution is 0.122. The number of halogens is 3. The molecule has 1 atom stereocenters. The molecule has 33 heavy (non-hydrogen) atoms. The van der Waals surface area contributed by atoms with Crippen LogP contribution in [0.1, 0.15) is 17.4 Å². The number of aliphatic hydroxyl groups excluding tert-OH is 1. The van der Waals surface area contributed by atoms with E-state index in [1.165, 1.54) is 24.5 Å². The molecular formula is C23H18ClF2N5O2. The van der Waals surface area contributed by atoms with Gasteiger partial charge in [0.15, 0.2) is 5.82 Å². The summed E-state index contributed by atoms with van der Waals surface area (Å²) < 4.78 is 34.1. The fourth-order valence-electron chi connectivity index (χ4n) is 3.87. The van der Waals surface area contributed by atoms with E-state index in [0.717, 1.165) is 25.0 Å². The van der Waals surface area contributed by atoms with Gasteiger partial charge in [0.2, 0.25) is 0 Å².